The maximum absolute atomic E-state index is 12.8. The molecule has 2 aliphatic rings. The zero-order valence-electron chi connectivity index (χ0n) is 17.1. The Balaban J connectivity index is 1.46. The fraction of sp³-hybridized carbons (Fsp3) is 0.292. The third kappa shape index (κ3) is 4.80. The van der Waals surface area contributed by atoms with Crippen molar-refractivity contribution in [3.05, 3.63) is 76.5 Å². The normalized spacial score (nSPS) is 17.3. The summed E-state index contributed by atoms with van der Waals surface area (Å²) in [6.07, 6.45) is 5.49. The second-order valence-electron chi connectivity index (χ2n) is 7.89. The zero-order valence-corrected chi connectivity index (χ0v) is 17.8. The molecule has 0 aromatic heterocycles. The molecule has 1 fully saturated rings. The van der Waals surface area contributed by atoms with Gasteiger partial charge >= 0.3 is 0 Å². The molecule has 0 radical (unpaired) electrons. The summed E-state index contributed by atoms with van der Waals surface area (Å²) >= 11 is 6.19. The van der Waals surface area contributed by atoms with E-state index in [2.05, 4.69) is 10.6 Å². The molecular weight excluding hydrogens is 414 g/mol. The molecule has 2 N–H and O–H groups in total. The largest absolute Gasteiger partial charge is 0.350 e. The van der Waals surface area contributed by atoms with Crippen molar-refractivity contribution in [1.82, 2.24) is 10.2 Å². The van der Waals surface area contributed by atoms with Gasteiger partial charge in [-0.1, -0.05) is 67.3 Å². The van der Waals surface area contributed by atoms with Gasteiger partial charge in [0.2, 0.25) is 0 Å². The third-order valence-electron chi connectivity index (χ3n) is 5.63. The van der Waals surface area contributed by atoms with Crippen molar-refractivity contribution in [2.24, 2.45) is 0 Å². The molecule has 1 heterocycles. The van der Waals surface area contributed by atoms with Crippen molar-refractivity contribution in [2.45, 2.75) is 44.7 Å². The number of halogens is 1. The van der Waals surface area contributed by atoms with E-state index < -0.39 is 11.8 Å². The van der Waals surface area contributed by atoms with Gasteiger partial charge in [-0.05, 0) is 36.6 Å². The number of hydrogen-bond donors (Lipinski definition) is 2. The molecule has 2 aromatic carbocycles. The Bertz CT molecular complexity index is 1030. The first kappa shape index (κ1) is 21.1. The molecule has 0 unspecified atom stereocenters. The van der Waals surface area contributed by atoms with Gasteiger partial charge < -0.3 is 10.6 Å². The number of rotatable bonds is 6. The van der Waals surface area contributed by atoms with Crippen molar-refractivity contribution in [2.75, 3.05) is 5.32 Å². The van der Waals surface area contributed by atoms with Crippen LogP contribution in [0.5, 0.6) is 0 Å². The number of nitrogens with zero attached hydrogens (tertiary/aromatic N) is 1. The van der Waals surface area contributed by atoms with E-state index in [1.807, 2.05) is 30.3 Å². The molecule has 6 nitrogen and oxygen atoms in total. The van der Waals surface area contributed by atoms with Crippen LogP contribution in [0.3, 0.4) is 0 Å². The van der Waals surface area contributed by atoms with Crippen molar-refractivity contribution in [3.8, 4) is 0 Å². The van der Waals surface area contributed by atoms with Crippen LogP contribution in [0.15, 0.2) is 65.3 Å². The van der Waals surface area contributed by atoms with Gasteiger partial charge in [-0.25, -0.2) is 0 Å². The van der Waals surface area contributed by atoms with E-state index in [1.54, 1.807) is 24.3 Å². The quantitative estimate of drug-likeness (QED) is 0.664. The Labute approximate surface area is 186 Å². The maximum Gasteiger partial charge on any atom is 0.279 e. The van der Waals surface area contributed by atoms with Crippen LogP contribution in [0.1, 0.15) is 48.0 Å². The lowest BCUT2D eigenvalue weighted by Gasteiger charge is -2.22. The number of nitrogens with one attached hydrogen (secondary N) is 2. The first-order valence-electron chi connectivity index (χ1n) is 10.5. The van der Waals surface area contributed by atoms with Gasteiger partial charge in [0.1, 0.15) is 10.7 Å². The van der Waals surface area contributed by atoms with Crippen LogP contribution in [0, 0.1) is 0 Å². The highest BCUT2D eigenvalue weighted by Crippen LogP contribution is 2.27. The van der Waals surface area contributed by atoms with Crippen molar-refractivity contribution in [3.63, 3.8) is 0 Å². The molecule has 4 rings (SSSR count). The van der Waals surface area contributed by atoms with Gasteiger partial charge in [-0.2, -0.15) is 0 Å². The molecule has 1 saturated carbocycles. The lowest BCUT2D eigenvalue weighted by molar-refractivity contribution is -0.138. The first-order chi connectivity index (χ1) is 15.0. The summed E-state index contributed by atoms with van der Waals surface area (Å²) in [7, 11) is 0. The molecule has 0 saturated heterocycles. The van der Waals surface area contributed by atoms with Crippen LogP contribution in [-0.4, -0.2) is 28.7 Å². The summed E-state index contributed by atoms with van der Waals surface area (Å²) in [5.74, 6) is -1.17. The monoisotopic (exact) mass is 437 g/mol. The summed E-state index contributed by atoms with van der Waals surface area (Å²) in [5, 5.41) is 5.87. The highest BCUT2D eigenvalue weighted by Gasteiger charge is 2.37. The number of carbonyl (C=O) groups excluding carboxylic acids is 3. The number of amides is 3. The van der Waals surface area contributed by atoms with Gasteiger partial charge in [0.25, 0.3) is 17.7 Å². The highest BCUT2D eigenvalue weighted by atomic mass is 35.5. The standard InChI is InChI=1S/C24H24ClN3O3/c25-20-21(24(31)28(23(20)30)15-16-8-3-1-4-9-16)26-19-13-7-10-17(14-19)22(29)27-18-11-5-2-6-12-18/h1,3-4,7-10,13-14,18,26H,2,5-6,11-12,15H2,(H,27,29). The topological polar surface area (TPSA) is 78.5 Å². The minimum Gasteiger partial charge on any atom is -0.350 e. The molecule has 0 bridgehead atoms. The molecule has 3 amide bonds. The lowest BCUT2D eigenvalue weighted by Crippen LogP contribution is -2.36. The minimum absolute atomic E-state index is 0.0208. The number of hydrogen-bond acceptors (Lipinski definition) is 4. The average Bonchev–Trinajstić information content (AvgIpc) is 2.99. The molecule has 160 valence electrons. The maximum atomic E-state index is 12.8. The Hall–Kier alpha value is -3.12. The molecule has 0 spiro atoms. The second-order valence-corrected chi connectivity index (χ2v) is 8.26. The third-order valence-corrected chi connectivity index (χ3v) is 5.98. The summed E-state index contributed by atoms with van der Waals surface area (Å²) in [6.45, 7) is 0.143. The second kappa shape index (κ2) is 9.35. The Morgan fingerprint density at radius 2 is 1.71 bits per heavy atom. The van der Waals surface area contributed by atoms with Gasteiger partial charge in [0.05, 0.1) is 6.54 Å². The number of carbonyl (C=O) groups is 3. The summed E-state index contributed by atoms with van der Waals surface area (Å²) in [5.41, 5.74) is 1.86. The van der Waals surface area contributed by atoms with Crippen LogP contribution in [-0.2, 0) is 16.1 Å². The minimum atomic E-state index is -0.538. The lowest BCUT2D eigenvalue weighted by atomic mass is 9.95. The Morgan fingerprint density at radius 1 is 0.968 bits per heavy atom. The van der Waals surface area contributed by atoms with E-state index in [4.69, 9.17) is 11.6 Å². The molecule has 0 atom stereocenters. The summed E-state index contributed by atoms with van der Waals surface area (Å²) < 4.78 is 0. The molecule has 1 aliphatic carbocycles. The van der Waals surface area contributed by atoms with E-state index in [9.17, 15) is 14.4 Å². The Morgan fingerprint density at radius 3 is 2.45 bits per heavy atom. The van der Waals surface area contributed by atoms with E-state index >= 15 is 0 Å². The van der Waals surface area contributed by atoms with Crippen LogP contribution >= 0.6 is 11.6 Å². The molecular formula is C24H24ClN3O3. The van der Waals surface area contributed by atoms with E-state index in [-0.39, 0.29) is 29.2 Å². The van der Waals surface area contributed by atoms with Crippen molar-refractivity contribution in [1.29, 1.82) is 0 Å². The van der Waals surface area contributed by atoms with Crippen LogP contribution in [0.2, 0.25) is 0 Å². The molecule has 31 heavy (non-hydrogen) atoms. The average molecular weight is 438 g/mol. The SMILES string of the molecule is O=C(NC1CCCCC1)c1cccc(NC2=C(Cl)C(=O)N(Cc3ccccc3)C2=O)c1. The highest BCUT2D eigenvalue weighted by molar-refractivity contribution is 6.48. The molecule has 1 aliphatic heterocycles. The van der Waals surface area contributed by atoms with Crippen LogP contribution in [0.25, 0.3) is 0 Å². The van der Waals surface area contributed by atoms with Gasteiger partial charge in [0.15, 0.2) is 0 Å². The Kier molecular flexibility index (Phi) is 6.37. The van der Waals surface area contributed by atoms with Crippen molar-refractivity contribution >= 4 is 35.0 Å². The van der Waals surface area contributed by atoms with E-state index in [0.717, 1.165) is 36.1 Å². The first-order valence-corrected chi connectivity index (χ1v) is 10.9. The van der Waals surface area contributed by atoms with Gasteiger partial charge in [-0.15, -0.1) is 0 Å². The molecule has 2 aromatic rings. The van der Waals surface area contributed by atoms with E-state index in [1.165, 1.54) is 6.42 Å². The number of imide groups is 1. The number of anilines is 1. The van der Waals surface area contributed by atoms with Gasteiger partial charge in [-0.3, -0.25) is 19.3 Å². The zero-order chi connectivity index (χ0) is 21.8. The van der Waals surface area contributed by atoms with Crippen LogP contribution in [0.4, 0.5) is 5.69 Å². The van der Waals surface area contributed by atoms with Crippen LogP contribution < -0.4 is 10.6 Å². The molecule has 7 heteroatoms. The fourth-order valence-electron chi connectivity index (χ4n) is 3.96. The van der Waals surface area contributed by atoms with Crippen molar-refractivity contribution < 1.29 is 14.4 Å². The number of benzene rings is 2. The summed E-state index contributed by atoms with van der Waals surface area (Å²) in [4.78, 5) is 39.1. The summed E-state index contributed by atoms with van der Waals surface area (Å²) in [6, 6.07) is 16.3. The smallest absolute Gasteiger partial charge is 0.279 e. The van der Waals surface area contributed by atoms with Gasteiger partial charge in [0, 0.05) is 17.3 Å². The fourth-order valence-corrected chi connectivity index (χ4v) is 4.19. The predicted molar refractivity (Wildman–Crippen MR) is 119 cm³/mol. The van der Waals surface area contributed by atoms with E-state index in [0.29, 0.717) is 11.3 Å². The predicted octanol–water partition coefficient (Wildman–Crippen LogP) is 4.18.